The summed E-state index contributed by atoms with van der Waals surface area (Å²) in [6.07, 6.45) is 1.23. The van der Waals surface area contributed by atoms with Crippen LogP contribution in [0.5, 0.6) is 5.75 Å². The van der Waals surface area contributed by atoms with Crippen molar-refractivity contribution in [1.82, 2.24) is 4.90 Å². The molecule has 0 saturated carbocycles. The first kappa shape index (κ1) is 12.1. The third-order valence-corrected chi connectivity index (χ3v) is 3.34. The fourth-order valence-corrected chi connectivity index (χ4v) is 2.46. The average molecular weight is 232 g/mol. The largest absolute Gasteiger partial charge is 0.496 e. The third kappa shape index (κ3) is 3.07. The van der Waals surface area contributed by atoms with Crippen LogP contribution < -0.4 is 4.74 Å². The van der Waals surface area contributed by atoms with Gasteiger partial charge in [0.2, 0.25) is 0 Å². The van der Waals surface area contributed by atoms with Crippen molar-refractivity contribution in [3.63, 3.8) is 0 Å². The van der Waals surface area contributed by atoms with Crippen molar-refractivity contribution < 1.29 is 4.74 Å². The van der Waals surface area contributed by atoms with Crippen LogP contribution in [-0.4, -0.2) is 38.4 Å². The van der Waals surface area contributed by atoms with E-state index in [1.807, 2.05) is 12.1 Å². The van der Waals surface area contributed by atoms with Crippen molar-refractivity contribution in [1.29, 1.82) is 0 Å². The average Bonchev–Trinajstić information content (AvgIpc) is 2.78. The zero-order valence-corrected chi connectivity index (χ0v) is 10.4. The first-order chi connectivity index (χ1) is 8.33. The fraction of sp³-hybridized carbons (Fsp3) is 0.500. The lowest BCUT2D eigenvalue weighted by molar-refractivity contribution is 0.309. The van der Waals surface area contributed by atoms with Crippen LogP contribution in [0.3, 0.4) is 0 Å². The summed E-state index contributed by atoms with van der Waals surface area (Å²) in [5.74, 6) is 1.67. The number of benzene rings is 1. The van der Waals surface area contributed by atoms with E-state index in [0.717, 1.165) is 31.9 Å². The van der Waals surface area contributed by atoms with E-state index >= 15 is 0 Å². The molecule has 3 heteroatoms. The smallest absolute Gasteiger partial charge is 0.123 e. The number of hydrogen-bond donors (Lipinski definition) is 0. The Morgan fingerprint density at radius 2 is 2.29 bits per heavy atom. The predicted molar refractivity (Wildman–Crippen MR) is 70.8 cm³/mol. The van der Waals surface area contributed by atoms with Gasteiger partial charge in [-0.2, -0.15) is 0 Å². The van der Waals surface area contributed by atoms with Crippen LogP contribution in [-0.2, 0) is 6.54 Å². The van der Waals surface area contributed by atoms with Gasteiger partial charge < -0.3 is 9.73 Å². The highest BCUT2D eigenvalue weighted by Gasteiger charge is 2.22. The van der Waals surface area contributed by atoms with Crippen molar-refractivity contribution in [3.8, 4) is 5.75 Å². The molecule has 17 heavy (non-hydrogen) atoms. The summed E-state index contributed by atoms with van der Waals surface area (Å²) in [4.78, 5) is 6.46. The molecule has 1 heterocycles. The first-order valence-corrected chi connectivity index (χ1v) is 6.10. The molecule has 3 nitrogen and oxygen atoms in total. The van der Waals surface area contributed by atoms with E-state index in [-0.39, 0.29) is 0 Å². The van der Waals surface area contributed by atoms with Gasteiger partial charge in [0.05, 0.1) is 7.11 Å². The minimum atomic E-state index is 0.683. The number of likely N-dealkylation sites (tertiary alicyclic amines) is 1. The van der Waals surface area contributed by atoms with Crippen LogP contribution in [0.15, 0.2) is 29.3 Å². The lowest BCUT2D eigenvalue weighted by Crippen LogP contribution is -2.21. The minimum Gasteiger partial charge on any atom is -0.496 e. The van der Waals surface area contributed by atoms with Gasteiger partial charge in [-0.15, -0.1) is 0 Å². The summed E-state index contributed by atoms with van der Waals surface area (Å²) in [7, 11) is 1.73. The van der Waals surface area contributed by atoms with E-state index in [0.29, 0.717) is 5.92 Å². The second-order valence-electron chi connectivity index (χ2n) is 4.61. The maximum atomic E-state index is 5.37. The fourth-order valence-electron chi connectivity index (χ4n) is 2.46. The SMILES string of the molecule is C=NCC1CCN(Cc2ccccc2OC)C1. The number of ether oxygens (including phenoxy) is 1. The highest BCUT2D eigenvalue weighted by Crippen LogP contribution is 2.23. The zero-order valence-electron chi connectivity index (χ0n) is 10.4. The summed E-state index contributed by atoms with van der Waals surface area (Å²) in [5.41, 5.74) is 1.27. The van der Waals surface area contributed by atoms with Gasteiger partial charge in [0.15, 0.2) is 0 Å². The van der Waals surface area contributed by atoms with Gasteiger partial charge in [-0.1, -0.05) is 18.2 Å². The maximum absolute atomic E-state index is 5.37. The lowest BCUT2D eigenvalue weighted by Gasteiger charge is -2.17. The molecule has 92 valence electrons. The molecular formula is C14H20N2O. The highest BCUT2D eigenvalue weighted by atomic mass is 16.5. The number of nitrogens with zero attached hydrogens (tertiary/aromatic N) is 2. The van der Waals surface area contributed by atoms with Crippen LogP contribution in [0.2, 0.25) is 0 Å². The van der Waals surface area contributed by atoms with Gasteiger partial charge in [0, 0.05) is 25.2 Å². The van der Waals surface area contributed by atoms with Gasteiger partial charge in [0.1, 0.15) is 5.75 Å². The number of para-hydroxylation sites is 1. The Labute approximate surface area is 103 Å². The Kier molecular flexibility index (Phi) is 4.15. The highest BCUT2D eigenvalue weighted by molar-refractivity contribution is 5.33. The topological polar surface area (TPSA) is 24.8 Å². The van der Waals surface area contributed by atoms with Crippen LogP contribution >= 0.6 is 0 Å². The zero-order chi connectivity index (χ0) is 12.1. The molecule has 1 fully saturated rings. The van der Waals surface area contributed by atoms with Crippen LogP contribution in [0.4, 0.5) is 0 Å². The molecule has 0 bridgehead atoms. The summed E-state index contributed by atoms with van der Waals surface area (Å²) < 4.78 is 5.37. The number of hydrogen-bond acceptors (Lipinski definition) is 3. The second-order valence-corrected chi connectivity index (χ2v) is 4.61. The van der Waals surface area contributed by atoms with Gasteiger partial charge >= 0.3 is 0 Å². The van der Waals surface area contributed by atoms with E-state index in [1.54, 1.807) is 7.11 Å². The summed E-state index contributed by atoms with van der Waals surface area (Å²) in [6.45, 7) is 7.71. The molecule has 0 spiro atoms. The summed E-state index contributed by atoms with van der Waals surface area (Å²) in [5, 5.41) is 0. The van der Waals surface area contributed by atoms with Crippen molar-refractivity contribution in [2.75, 3.05) is 26.7 Å². The lowest BCUT2D eigenvalue weighted by atomic mass is 10.1. The van der Waals surface area contributed by atoms with E-state index in [2.05, 4.69) is 28.7 Å². The van der Waals surface area contributed by atoms with Crippen LogP contribution in [0, 0.1) is 5.92 Å². The molecule has 0 radical (unpaired) electrons. The van der Waals surface area contributed by atoms with E-state index in [4.69, 9.17) is 4.74 Å². The van der Waals surface area contributed by atoms with Crippen molar-refractivity contribution in [2.45, 2.75) is 13.0 Å². The third-order valence-electron chi connectivity index (χ3n) is 3.34. The van der Waals surface area contributed by atoms with Crippen molar-refractivity contribution in [3.05, 3.63) is 29.8 Å². The first-order valence-electron chi connectivity index (χ1n) is 6.10. The number of rotatable bonds is 5. The standard InChI is InChI=1S/C14H20N2O/c1-15-9-12-7-8-16(10-12)11-13-5-3-4-6-14(13)17-2/h3-6,12H,1,7-11H2,2H3. The molecule has 2 rings (SSSR count). The van der Waals surface area contributed by atoms with Gasteiger partial charge in [0.25, 0.3) is 0 Å². The molecule has 1 atom stereocenters. The quantitative estimate of drug-likeness (QED) is 0.727. The van der Waals surface area contributed by atoms with Gasteiger partial charge in [-0.3, -0.25) is 4.90 Å². The van der Waals surface area contributed by atoms with Crippen molar-refractivity contribution in [2.24, 2.45) is 10.9 Å². The molecule has 0 aliphatic carbocycles. The summed E-state index contributed by atoms with van der Waals surface area (Å²) in [6, 6.07) is 8.24. The van der Waals surface area contributed by atoms with E-state index in [9.17, 15) is 0 Å². The van der Waals surface area contributed by atoms with E-state index in [1.165, 1.54) is 12.0 Å². The minimum absolute atomic E-state index is 0.683. The molecule has 1 unspecified atom stereocenters. The normalized spacial score (nSPS) is 20.4. The summed E-state index contributed by atoms with van der Waals surface area (Å²) >= 11 is 0. The Morgan fingerprint density at radius 3 is 3.06 bits per heavy atom. The Balaban J connectivity index is 1.95. The molecule has 1 aliphatic rings. The monoisotopic (exact) mass is 232 g/mol. The predicted octanol–water partition coefficient (Wildman–Crippen LogP) is 2.22. The molecule has 1 aromatic rings. The molecule has 1 aromatic carbocycles. The number of aliphatic imine (C=N–C) groups is 1. The Morgan fingerprint density at radius 1 is 1.47 bits per heavy atom. The molecule has 0 aromatic heterocycles. The molecule has 1 saturated heterocycles. The van der Waals surface area contributed by atoms with Crippen molar-refractivity contribution >= 4 is 6.72 Å². The van der Waals surface area contributed by atoms with E-state index < -0.39 is 0 Å². The molecule has 0 N–H and O–H groups in total. The second kappa shape index (κ2) is 5.82. The van der Waals surface area contributed by atoms with Gasteiger partial charge in [-0.05, 0) is 31.7 Å². The number of methoxy groups -OCH3 is 1. The molecule has 0 amide bonds. The molecular weight excluding hydrogens is 212 g/mol. The van der Waals surface area contributed by atoms with Gasteiger partial charge in [-0.25, -0.2) is 0 Å². The molecule has 1 aliphatic heterocycles. The van der Waals surface area contributed by atoms with Crippen LogP contribution in [0.1, 0.15) is 12.0 Å². The Bertz CT molecular complexity index is 378. The maximum Gasteiger partial charge on any atom is 0.123 e. The Hall–Kier alpha value is -1.35. The van der Waals surface area contributed by atoms with Crippen LogP contribution in [0.25, 0.3) is 0 Å².